The molecule has 0 saturated carbocycles. The van der Waals surface area contributed by atoms with Gasteiger partial charge in [-0.1, -0.05) is 12.1 Å². The quantitative estimate of drug-likeness (QED) is 0.912. The van der Waals surface area contributed by atoms with Gasteiger partial charge in [-0.15, -0.1) is 0 Å². The topological polar surface area (TPSA) is 63.4 Å². The van der Waals surface area contributed by atoms with Crippen LogP contribution in [0.1, 0.15) is 16.1 Å². The highest BCUT2D eigenvalue weighted by atomic mass is 79.9. The second-order valence-electron chi connectivity index (χ2n) is 4.07. The second-order valence-corrected chi connectivity index (χ2v) is 4.98. The molecule has 0 saturated heterocycles. The van der Waals surface area contributed by atoms with Crippen LogP contribution >= 0.6 is 15.9 Å². The van der Waals surface area contributed by atoms with Crippen LogP contribution < -0.4 is 14.8 Å². The van der Waals surface area contributed by atoms with Crippen LogP contribution in [0.5, 0.6) is 11.5 Å². The van der Waals surface area contributed by atoms with Crippen molar-refractivity contribution in [1.29, 1.82) is 0 Å². The molecule has 0 atom stereocenters. The summed E-state index contributed by atoms with van der Waals surface area (Å²) in [6, 6.07) is 7.35. The fourth-order valence-corrected chi connectivity index (χ4v) is 2.24. The largest absolute Gasteiger partial charge is 0.454 e. The Bertz CT molecular complexity index is 624. The van der Waals surface area contributed by atoms with Gasteiger partial charge in [0.15, 0.2) is 11.5 Å². The minimum atomic E-state index is -0.165. The fraction of sp³-hybridized carbons (Fsp3) is 0.154. The van der Waals surface area contributed by atoms with Crippen molar-refractivity contribution in [3.63, 3.8) is 0 Å². The molecular weight excluding hydrogens is 312 g/mol. The normalized spacial score (nSPS) is 12.5. The van der Waals surface area contributed by atoms with Crippen molar-refractivity contribution in [2.75, 3.05) is 6.79 Å². The Morgan fingerprint density at radius 3 is 3.11 bits per heavy atom. The number of fused-ring (bicyclic) bond motifs is 1. The maximum Gasteiger partial charge on any atom is 0.268 e. The molecule has 1 aromatic heterocycles. The van der Waals surface area contributed by atoms with E-state index in [0.29, 0.717) is 18.0 Å². The number of nitrogens with one attached hydrogen (secondary N) is 2. The number of halogens is 1. The molecule has 3 rings (SSSR count). The molecule has 2 N–H and O–H groups in total. The molecule has 0 unspecified atom stereocenters. The monoisotopic (exact) mass is 322 g/mol. The molecule has 6 heteroatoms. The van der Waals surface area contributed by atoms with E-state index in [-0.39, 0.29) is 12.7 Å². The van der Waals surface area contributed by atoms with Gasteiger partial charge >= 0.3 is 0 Å². The van der Waals surface area contributed by atoms with Crippen LogP contribution in [0.4, 0.5) is 0 Å². The highest BCUT2D eigenvalue weighted by Gasteiger charge is 2.17. The Morgan fingerprint density at radius 1 is 1.42 bits per heavy atom. The van der Waals surface area contributed by atoms with E-state index in [9.17, 15) is 4.79 Å². The Kier molecular flexibility index (Phi) is 3.16. The summed E-state index contributed by atoms with van der Waals surface area (Å²) < 4.78 is 11.5. The summed E-state index contributed by atoms with van der Waals surface area (Å²) in [4.78, 5) is 14.8. The van der Waals surface area contributed by atoms with Crippen molar-refractivity contribution in [2.45, 2.75) is 6.54 Å². The Morgan fingerprint density at radius 2 is 2.32 bits per heavy atom. The van der Waals surface area contributed by atoms with E-state index < -0.39 is 0 Å². The maximum absolute atomic E-state index is 11.9. The molecule has 0 bridgehead atoms. The van der Waals surface area contributed by atoms with Crippen molar-refractivity contribution in [3.05, 3.63) is 46.2 Å². The highest BCUT2D eigenvalue weighted by molar-refractivity contribution is 9.10. The summed E-state index contributed by atoms with van der Waals surface area (Å²) in [5.41, 5.74) is 1.41. The first-order chi connectivity index (χ1) is 9.24. The SMILES string of the molecule is O=C(NCc1cccc2c1OCO2)c1cc(Br)c[nH]1. The average molecular weight is 323 g/mol. The van der Waals surface area contributed by atoms with Crippen molar-refractivity contribution in [2.24, 2.45) is 0 Å². The van der Waals surface area contributed by atoms with E-state index in [0.717, 1.165) is 15.8 Å². The van der Waals surface area contributed by atoms with Gasteiger partial charge in [-0.2, -0.15) is 0 Å². The molecular formula is C13H11BrN2O3. The lowest BCUT2D eigenvalue weighted by atomic mass is 10.2. The molecule has 2 aromatic rings. The summed E-state index contributed by atoms with van der Waals surface area (Å²) in [5, 5.41) is 2.83. The van der Waals surface area contributed by atoms with Crippen molar-refractivity contribution in [3.8, 4) is 11.5 Å². The van der Waals surface area contributed by atoms with Gasteiger partial charge in [0, 0.05) is 22.8 Å². The number of ether oxygens (including phenoxy) is 2. The lowest BCUT2D eigenvalue weighted by Gasteiger charge is -2.07. The predicted molar refractivity (Wildman–Crippen MR) is 72.2 cm³/mol. The number of carbonyl (C=O) groups excluding carboxylic acids is 1. The standard InChI is InChI=1S/C13H11BrN2O3/c14-9-4-10(15-6-9)13(17)16-5-8-2-1-3-11-12(8)19-7-18-11/h1-4,6,15H,5,7H2,(H,16,17). The number of rotatable bonds is 3. The van der Waals surface area contributed by atoms with E-state index in [4.69, 9.17) is 9.47 Å². The Hall–Kier alpha value is -1.95. The summed E-state index contributed by atoms with van der Waals surface area (Å²) in [5.74, 6) is 1.26. The minimum Gasteiger partial charge on any atom is -0.454 e. The van der Waals surface area contributed by atoms with Gasteiger partial charge in [-0.3, -0.25) is 4.79 Å². The lowest BCUT2D eigenvalue weighted by molar-refractivity contribution is 0.0946. The fourth-order valence-electron chi connectivity index (χ4n) is 1.90. The van der Waals surface area contributed by atoms with Crippen LogP contribution in [-0.2, 0) is 6.54 Å². The third kappa shape index (κ3) is 2.44. The summed E-state index contributed by atoms with van der Waals surface area (Å²) >= 11 is 3.29. The van der Waals surface area contributed by atoms with Crippen molar-refractivity contribution in [1.82, 2.24) is 10.3 Å². The zero-order chi connectivity index (χ0) is 13.2. The molecule has 0 spiro atoms. The molecule has 5 nitrogen and oxygen atoms in total. The number of carbonyl (C=O) groups is 1. The molecule has 0 fully saturated rings. The maximum atomic E-state index is 11.9. The first-order valence-electron chi connectivity index (χ1n) is 5.73. The molecule has 1 aromatic carbocycles. The molecule has 19 heavy (non-hydrogen) atoms. The smallest absolute Gasteiger partial charge is 0.268 e. The van der Waals surface area contributed by atoms with Crippen LogP contribution in [0, 0.1) is 0 Å². The van der Waals surface area contributed by atoms with Crippen LogP contribution in [-0.4, -0.2) is 17.7 Å². The number of benzene rings is 1. The van der Waals surface area contributed by atoms with Gasteiger partial charge in [-0.25, -0.2) is 0 Å². The Labute approximate surface area is 118 Å². The lowest BCUT2D eigenvalue weighted by Crippen LogP contribution is -2.23. The summed E-state index contributed by atoms with van der Waals surface area (Å²) in [7, 11) is 0. The molecule has 1 aliphatic rings. The van der Waals surface area contributed by atoms with Gasteiger partial charge in [0.1, 0.15) is 5.69 Å². The number of aromatic amines is 1. The number of amides is 1. The first kappa shape index (κ1) is 12.1. The van der Waals surface area contributed by atoms with Crippen molar-refractivity contribution < 1.29 is 14.3 Å². The first-order valence-corrected chi connectivity index (χ1v) is 6.53. The molecule has 2 heterocycles. The highest BCUT2D eigenvalue weighted by Crippen LogP contribution is 2.35. The van der Waals surface area contributed by atoms with Crippen molar-refractivity contribution >= 4 is 21.8 Å². The molecule has 98 valence electrons. The average Bonchev–Trinajstić information content (AvgIpc) is 3.04. The summed E-state index contributed by atoms with van der Waals surface area (Å²) in [6.07, 6.45) is 1.71. The number of para-hydroxylation sites is 1. The zero-order valence-electron chi connectivity index (χ0n) is 9.90. The van der Waals surface area contributed by atoms with E-state index in [2.05, 4.69) is 26.2 Å². The van der Waals surface area contributed by atoms with E-state index in [1.54, 1.807) is 12.3 Å². The predicted octanol–water partition coefficient (Wildman–Crippen LogP) is 2.44. The third-order valence-corrected chi connectivity index (χ3v) is 3.27. The van der Waals surface area contributed by atoms with Gasteiger partial charge in [0.2, 0.25) is 6.79 Å². The molecule has 1 amide bonds. The number of hydrogen-bond acceptors (Lipinski definition) is 3. The van der Waals surface area contributed by atoms with Gasteiger partial charge < -0.3 is 19.8 Å². The van der Waals surface area contributed by atoms with Gasteiger partial charge in [-0.05, 0) is 28.1 Å². The molecule has 0 radical (unpaired) electrons. The van der Waals surface area contributed by atoms with E-state index in [1.807, 2.05) is 18.2 Å². The molecule has 0 aliphatic carbocycles. The van der Waals surface area contributed by atoms with Gasteiger partial charge in [0.05, 0.1) is 0 Å². The van der Waals surface area contributed by atoms with Crippen LogP contribution in [0.15, 0.2) is 34.9 Å². The minimum absolute atomic E-state index is 0.165. The van der Waals surface area contributed by atoms with Crippen LogP contribution in [0.25, 0.3) is 0 Å². The summed E-state index contributed by atoms with van der Waals surface area (Å²) in [6.45, 7) is 0.617. The number of hydrogen-bond donors (Lipinski definition) is 2. The Balaban J connectivity index is 1.70. The zero-order valence-corrected chi connectivity index (χ0v) is 11.5. The van der Waals surface area contributed by atoms with E-state index >= 15 is 0 Å². The number of H-pyrrole nitrogens is 1. The number of aromatic nitrogens is 1. The van der Waals surface area contributed by atoms with Gasteiger partial charge in [0.25, 0.3) is 5.91 Å². The second kappa shape index (κ2) is 4.97. The van der Waals surface area contributed by atoms with E-state index in [1.165, 1.54) is 0 Å². The van der Waals surface area contributed by atoms with Crippen LogP contribution in [0.3, 0.4) is 0 Å². The van der Waals surface area contributed by atoms with Crippen LogP contribution in [0.2, 0.25) is 0 Å². The molecule has 1 aliphatic heterocycles. The third-order valence-electron chi connectivity index (χ3n) is 2.81.